The molecule has 1 aromatic carbocycles. The normalized spacial score (nSPS) is 14.7. The van der Waals surface area contributed by atoms with Crippen molar-refractivity contribution in [2.75, 3.05) is 17.2 Å². The van der Waals surface area contributed by atoms with Crippen molar-refractivity contribution in [1.29, 1.82) is 0 Å². The average molecular weight is 265 g/mol. The maximum Gasteiger partial charge on any atom is 0.292 e. The number of nitro groups is 1. The Morgan fingerprint density at radius 3 is 2.95 bits per heavy atom. The number of carbonyl (C=O) groups excluding carboxylic acids is 1. The number of nitrogens with one attached hydrogen (secondary N) is 2. The van der Waals surface area contributed by atoms with Gasteiger partial charge in [0, 0.05) is 24.4 Å². The molecule has 0 radical (unpaired) electrons. The van der Waals surface area contributed by atoms with Crippen molar-refractivity contribution in [3.8, 4) is 0 Å². The first-order valence-electron chi connectivity index (χ1n) is 6.00. The first-order chi connectivity index (χ1) is 9.01. The number of rotatable bonds is 5. The largest absolute Gasteiger partial charge is 0.396 e. The van der Waals surface area contributed by atoms with Gasteiger partial charge in [0.05, 0.1) is 11.3 Å². The predicted molar refractivity (Wildman–Crippen MR) is 70.2 cm³/mol. The number of hydrogen-bond acceptors (Lipinski definition) is 5. The molecule has 0 bridgehead atoms. The topological polar surface area (TPSA) is 104 Å². The molecule has 7 heteroatoms. The van der Waals surface area contributed by atoms with Gasteiger partial charge in [-0.25, -0.2) is 0 Å². The Hall–Kier alpha value is -2.15. The summed E-state index contributed by atoms with van der Waals surface area (Å²) in [5, 5.41) is 25.5. The standard InChI is InChI=1S/C12H15N3O4/c1-7(2-3-16)13-10-6-9-8(5-12(17)14-9)4-11(10)15(18)19/h4,6-7,13,16H,2-3,5H2,1H3,(H,14,17). The number of aliphatic hydroxyl groups excluding tert-OH is 1. The molecule has 1 unspecified atom stereocenters. The number of anilines is 2. The highest BCUT2D eigenvalue weighted by atomic mass is 16.6. The molecule has 102 valence electrons. The van der Waals surface area contributed by atoms with Gasteiger partial charge in [-0.2, -0.15) is 0 Å². The predicted octanol–water partition coefficient (Wildman–Crippen LogP) is 1.27. The third-order valence-electron chi connectivity index (χ3n) is 3.01. The second-order valence-corrected chi connectivity index (χ2v) is 4.57. The van der Waals surface area contributed by atoms with E-state index in [-0.39, 0.29) is 30.7 Å². The fourth-order valence-corrected chi connectivity index (χ4v) is 2.06. The lowest BCUT2D eigenvalue weighted by Crippen LogP contribution is -2.17. The Bertz CT molecular complexity index is 530. The fraction of sp³-hybridized carbons (Fsp3) is 0.417. The van der Waals surface area contributed by atoms with E-state index in [1.807, 2.05) is 6.92 Å². The van der Waals surface area contributed by atoms with Gasteiger partial charge in [0.2, 0.25) is 5.91 Å². The summed E-state index contributed by atoms with van der Waals surface area (Å²) in [4.78, 5) is 21.9. The first-order valence-corrected chi connectivity index (χ1v) is 6.00. The van der Waals surface area contributed by atoms with Crippen LogP contribution in [-0.4, -0.2) is 28.6 Å². The summed E-state index contributed by atoms with van der Waals surface area (Å²) in [6, 6.07) is 2.90. The Labute approximate surface area is 109 Å². The molecule has 1 amide bonds. The van der Waals surface area contributed by atoms with Crippen LogP contribution in [0.15, 0.2) is 12.1 Å². The van der Waals surface area contributed by atoms with Gasteiger partial charge in [-0.3, -0.25) is 14.9 Å². The molecule has 19 heavy (non-hydrogen) atoms. The molecule has 1 heterocycles. The van der Waals surface area contributed by atoms with Gasteiger partial charge in [0.15, 0.2) is 0 Å². The molecule has 1 atom stereocenters. The van der Waals surface area contributed by atoms with E-state index in [1.165, 1.54) is 6.07 Å². The lowest BCUT2D eigenvalue weighted by atomic mass is 10.1. The van der Waals surface area contributed by atoms with E-state index >= 15 is 0 Å². The highest BCUT2D eigenvalue weighted by Gasteiger charge is 2.25. The quantitative estimate of drug-likeness (QED) is 0.549. The van der Waals surface area contributed by atoms with E-state index in [0.717, 1.165) is 0 Å². The molecule has 2 rings (SSSR count). The average Bonchev–Trinajstić information content (AvgIpc) is 2.67. The molecule has 1 aliphatic heterocycles. The summed E-state index contributed by atoms with van der Waals surface area (Å²) in [6.07, 6.45) is 0.656. The number of nitrogens with zero attached hydrogens (tertiary/aromatic N) is 1. The Morgan fingerprint density at radius 2 is 2.32 bits per heavy atom. The van der Waals surface area contributed by atoms with Gasteiger partial charge in [0.25, 0.3) is 5.69 Å². The van der Waals surface area contributed by atoms with Crippen LogP contribution in [0.3, 0.4) is 0 Å². The SMILES string of the molecule is CC(CCO)Nc1cc2c(cc1[N+](=O)[O-])CC(=O)N2. The molecule has 0 aromatic heterocycles. The molecule has 0 spiro atoms. The first kappa shape index (κ1) is 13.3. The number of nitro benzene ring substituents is 1. The van der Waals surface area contributed by atoms with E-state index in [4.69, 9.17) is 5.11 Å². The van der Waals surface area contributed by atoms with Gasteiger partial charge in [-0.15, -0.1) is 0 Å². The Morgan fingerprint density at radius 1 is 1.58 bits per heavy atom. The summed E-state index contributed by atoms with van der Waals surface area (Å²) in [6.45, 7) is 1.83. The van der Waals surface area contributed by atoms with Crippen LogP contribution < -0.4 is 10.6 Å². The lowest BCUT2D eigenvalue weighted by molar-refractivity contribution is -0.384. The Balaban J connectivity index is 2.33. The minimum Gasteiger partial charge on any atom is -0.396 e. The zero-order valence-corrected chi connectivity index (χ0v) is 10.5. The maximum absolute atomic E-state index is 11.3. The zero-order valence-electron chi connectivity index (χ0n) is 10.5. The third-order valence-corrected chi connectivity index (χ3v) is 3.01. The van der Waals surface area contributed by atoms with Crippen LogP contribution in [0.2, 0.25) is 0 Å². The van der Waals surface area contributed by atoms with Gasteiger partial charge in [0.1, 0.15) is 5.69 Å². The van der Waals surface area contributed by atoms with Crippen molar-refractivity contribution < 1.29 is 14.8 Å². The zero-order chi connectivity index (χ0) is 14.0. The summed E-state index contributed by atoms with van der Waals surface area (Å²) >= 11 is 0. The van der Waals surface area contributed by atoms with E-state index in [1.54, 1.807) is 6.07 Å². The molecular weight excluding hydrogens is 250 g/mol. The highest BCUT2D eigenvalue weighted by molar-refractivity contribution is 6.00. The van der Waals surface area contributed by atoms with Crippen LogP contribution in [0.25, 0.3) is 0 Å². The smallest absolute Gasteiger partial charge is 0.292 e. The van der Waals surface area contributed by atoms with Crippen molar-refractivity contribution in [1.82, 2.24) is 0 Å². The molecule has 7 nitrogen and oxygen atoms in total. The molecule has 0 saturated carbocycles. The highest BCUT2D eigenvalue weighted by Crippen LogP contribution is 2.34. The van der Waals surface area contributed by atoms with Gasteiger partial charge in [-0.05, 0) is 25.0 Å². The van der Waals surface area contributed by atoms with Gasteiger partial charge in [-0.1, -0.05) is 0 Å². The van der Waals surface area contributed by atoms with Crippen LogP contribution >= 0.6 is 0 Å². The van der Waals surface area contributed by atoms with Crippen molar-refractivity contribution in [3.63, 3.8) is 0 Å². The molecule has 3 N–H and O–H groups in total. The van der Waals surface area contributed by atoms with Crippen LogP contribution in [0.4, 0.5) is 17.1 Å². The van der Waals surface area contributed by atoms with E-state index < -0.39 is 4.92 Å². The van der Waals surface area contributed by atoms with Crippen molar-refractivity contribution in [3.05, 3.63) is 27.8 Å². The molecule has 0 aliphatic carbocycles. The number of carbonyl (C=O) groups is 1. The number of hydrogen-bond donors (Lipinski definition) is 3. The third kappa shape index (κ3) is 2.82. The number of amides is 1. The number of aliphatic hydroxyl groups is 1. The van der Waals surface area contributed by atoms with Crippen LogP contribution in [0.5, 0.6) is 0 Å². The van der Waals surface area contributed by atoms with Crippen molar-refractivity contribution in [2.24, 2.45) is 0 Å². The van der Waals surface area contributed by atoms with Crippen LogP contribution in [-0.2, 0) is 11.2 Å². The number of fused-ring (bicyclic) bond motifs is 1. The summed E-state index contributed by atoms with van der Waals surface area (Å²) in [5.41, 5.74) is 1.54. The van der Waals surface area contributed by atoms with Gasteiger partial charge >= 0.3 is 0 Å². The Kier molecular flexibility index (Phi) is 3.66. The molecule has 0 fully saturated rings. The molecule has 1 aromatic rings. The number of benzene rings is 1. The van der Waals surface area contributed by atoms with Crippen LogP contribution in [0.1, 0.15) is 18.9 Å². The van der Waals surface area contributed by atoms with E-state index in [0.29, 0.717) is 23.4 Å². The van der Waals surface area contributed by atoms with E-state index in [9.17, 15) is 14.9 Å². The van der Waals surface area contributed by atoms with Crippen molar-refractivity contribution >= 4 is 23.0 Å². The lowest BCUT2D eigenvalue weighted by Gasteiger charge is -2.15. The maximum atomic E-state index is 11.3. The minimum absolute atomic E-state index is 0.00361. The van der Waals surface area contributed by atoms with Crippen molar-refractivity contribution in [2.45, 2.75) is 25.8 Å². The minimum atomic E-state index is -0.475. The second-order valence-electron chi connectivity index (χ2n) is 4.57. The molecular formula is C12H15N3O4. The molecule has 0 saturated heterocycles. The summed E-state index contributed by atoms with van der Waals surface area (Å²) < 4.78 is 0. The van der Waals surface area contributed by atoms with Gasteiger partial charge < -0.3 is 15.7 Å². The second kappa shape index (κ2) is 5.23. The fourth-order valence-electron chi connectivity index (χ4n) is 2.06. The van der Waals surface area contributed by atoms with E-state index in [2.05, 4.69) is 10.6 Å². The van der Waals surface area contributed by atoms with Crippen LogP contribution in [0, 0.1) is 10.1 Å². The summed E-state index contributed by atoms with van der Waals surface area (Å²) in [5.74, 6) is -0.162. The summed E-state index contributed by atoms with van der Waals surface area (Å²) in [7, 11) is 0. The monoisotopic (exact) mass is 265 g/mol. The molecule has 1 aliphatic rings.